The highest BCUT2D eigenvalue weighted by molar-refractivity contribution is 6.23. The maximum Gasteiger partial charge on any atom is 0.335 e. The normalized spacial score (nSPS) is 10.9. The number of hydrogen-bond donors (Lipinski definition) is 5. The van der Waals surface area contributed by atoms with Crippen molar-refractivity contribution in [1.29, 1.82) is 0 Å². The highest BCUT2D eigenvalue weighted by Crippen LogP contribution is 2.40. The number of carboxylic acid groups (broad SMARTS) is 1. The molecule has 0 radical (unpaired) electrons. The lowest BCUT2D eigenvalue weighted by atomic mass is 9.65. The van der Waals surface area contributed by atoms with Crippen molar-refractivity contribution in [3.63, 3.8) is 0 Å². The number of nitrogens with two attached hydrogens (primary N) is 1. The van der Waals surface area contributed by atoms with Crippen LogP contribution in [0.25, 0.3) is 0 Å². The van der Waals surface area contributed by atoms with Crippen molar-refractivity contribution in [2.75, 3.05) is 25.6 Å². The van der Waals surface area contributed by atoms with Crippen LogP contribution in [0.3, 0.4) is 0 Å². The number of carbonyl (C=O) groups excluding carboxylic acids is 3. The number of nitrogen functional groups attached to an aromatic ring is 1. The number of ether oxygens (including phenoxy) is 1. The van der Waals surface area contributed by atoms with Crippen molar-refractivity contribution in [3.8, 4) is 0 Å². The first-order valence-electron chi connectivity index (χ1n) is 9.88. The molecule has 0 bridgehead atoms. The fourth-order valence-electron chi connectivity index (χ4n) is 2.72. The Kier molecular flexibility index (Phi) is 11.3. The Morgan fingerprint density at radius 3 is 1.47 bits per heavy atom. The molecular formula is C24H31NO9. The number of carbonyl (C=O) groups is 4. The summed E-state index contributed by atoms with van der Waals surface area (Å²) in [5, 5.41) is 37.6. The minimum absolute atomic E-state index is 0.119. The van der Waals surface area contributed by atoms with E-state index in [2.05, 4.69) is 19.7 Å². The van der Waals surface area contributed by atoms with Gasteiger partial charge in [0.25, 0.3) is 0 Å². The summed E-state index contributed by atoms with van der Waals surface area (Å²) in [4.78, 5) is 47.9. The molecule has 0 saturated heterocycles. The number of aliphatic hydroxyl groups excluding tert-OH is 3. The summed E-state index contributed by atoms with van der Waals surface area (Å²) < 4.78 is 5.14. The van der Waals surface area contributed by atoms with Gasteiger partial charge in [0.1, 0.15) is 0 Å². The first-order chi connectivity index (χ1) is 15.7. The van der Waals surface area contributed by atoms with E-state index in [0.717, 1.165) is 0 Å². The van der Waals surface area contributed by atoms with E-state index in [1.807, 2.05) is 0 Å². The third-order valence-electron chi connectivity index (χ3n) is 4.82. The van der Waals surface area contributed by atoms with Gasteiger partial charge in [-0.3, -0.25) is 9.59 Å². The topological polar surface area (TPSA) is 184 Å². The number of aliphatic hydroxyl groups is 3. The second kappa shape index (κ2) is 12.6. The summed E-state index contributed by atoms with van der Waals surface area (Å²) >= 11 is 0. The van der Waals surface area contributed by atoms with Gasteiger partial charge in [-0.05, 0) is 56.2 Å². The number of esters is 1. The summed E-state index contributed by atoms with van der Waals surface area (Å²) in [6.07, 6.45) is 0. The predicted molar refractivity (Wildman–Crippen MR) is 125 cm³/mol. The van der Waals surface area contributed by atoms with Crippen LogP contribution in [0.15, 0.2) is 60.7 Å². The van der Waals surface area contributed by atoms with E-state index in [4.69, 9.17) is 15.6 Å². The zero-order chi connectivity index (χ0) is 26.9. The number of ketones is 2. The average molecular weight is 478 g/mol. The quantitative estimate of drug-likeness (QED) is 0.134. The molecule has 0 aliphatic heterocycles. The summed E-state index contributed by atoms with van der Waals surface area (Å²) in [5.74, 6) is -4.14. The second-order valence-electron chi connectivity index (χ2n) is 7.75. The maximum atomic E-state index is 12.8. The molecule has 1 aromatic rings. The summed E-state index contributed by atoms with van der Waals surface area (Å²) in [6.45, 7) is 11.1. The average Bonchev–Trinajstić information content (AvgIpc) is 2.78. The van der Waals surface area contributed by atoms with Crippen molar-refractivity contribution >= 4 is 29.2 Å². The molecule has 0 spiro atoms. The Labute approximate surface area is 197 Å². The monoisotopic (exact) mass is 477 g/mol. The first kappa shape index (κ1) is 30.4. The van der Waals surface area contributed by atoms with Gasteiger partial charge in [-0.25, -0.2) is 9.59 Å². The Hall–Kier alpha value is -3.60. The largest absolute Gasteiger partial charge is 0.478 e. The Balaban J connectivity index is 0.000000896. The van der Waals surface area contributed by atoms with Crippen LogP contribution in [0.4, 0.5) is 5.69 Å². The zero-order valence-electron chi connectivity index (χ0n) is 19.5. The molecule has 6 N–H and O–H groups in total. The zero-order valence-corrected chi connectivity index (χ0v) is 19.5. The molecule has 0 aromatic heterocycles. The molecule has 0 heterocycles. The lowest BCUT2D eigenvalue weighted by molar-refractivity contribution is -0.196. The van der Waals surface area contributed by atoms with Crippen molar-refractivity contribution < 1.29 is 44.3 Å². The molecule has 10 heteroatoms. The van der Waals surface area contributed by atoms with Crippen molar-refractivity contribution in [3.05, 3.63) is 66.3 Å². The van der Waals surface area contributed by atoms with Crippen LogP contribution in [-0.4, -0.2) is 69.4 Å². The molecule has 0 amide bonds. The number of anilines is 1. The molecule has 0 saturated carbocycles. The van der Waals surface area contributed by atoms with E-state index < -0.39 is 54.3 Å². The van der Waals surface area contributed by atoms with Gasteiger partial charge in [0.2, 0.25) is 17.2 Å². The van der Waals surface area contributed by atoms with Crippen LogP contribution < -0.4 is 5.73 Å². The van der Waals surface area contributed by atoms with E-state index in [1.54, 1.807) is 12.1 Å². The predicted octanol–water partition coefficient (Wildman–Crippen LogP) is 1.07. The standard InChI is InChI=1S/C17H24O7.C7H7NO2/c1-10(2)13(21)17(14(22)11(3)4,24-15(23)12(5)6)16(7-18,8-19)9-20;8-6-3-1-5(2-4-6)7(9)10/h18-20H,1,3,5,7-9H2,2,4,6H3;1-4H,8H2,(H,9,10). The smallest absolute Gasteiger partial charge is 0.335 e. The van der Waals surface area contributed by atoms with E-state index >= 15 is 0 Å². The molecule has 0 aliphatic carbocycles. The van der Waals surface area contributed by atoms with Crippen LogP contribution in [0, 0.1) is 5.41 Å². The SMILES string of the molecule is C=C(C)C(=O)OC(C(=O)C(=C)C)(C(=O)C(=C)C)C(CO)(CO)CO.Nc1ccc(C(=O)O)cc1. The van der Waals surface area contributed by atoms with Crippen LogP contribution in [0.1, 0.15) is 31.1 Å². The van der Waals surface area contributed by atoms with Crippen molar-refractivity contribution in [1.82, 2.24) is 0 Å². The van der Waals surface area contributed by atoms with Crippen molar-refractivity contribution in [2.24, 2.45) is 5.41 Å². The maximum absolute atomic E-state index is 12.8. The fourth-order valence-corrected chi connectivity index (χ4v) is 2.72. The molecule has 34 heavy (non-hydrogen) atoms. The van der Waals surface area contributed by atoms with Gasteiger partial charge in [0.15, 0.2) is 0 Å². The minimum atomic E-state index is -2.71. The van der Waals surface area contributed by atoms with Gasteiger partial charge >= 0.3 is 11.9 Å². The van der Waals surface area contributed by atoms with Crippen molar-refractivity contribution in [2.45, 2.75) is 26.4 Å². The molecule has 0 aliphatic rings. The minimum Gasteiger partial charge on any atom is -0.478 e. The molecule has 186 valence electrons. The highest BCUT2D eigenvalue weighted by atomic mass is 16.6. The van der Waals surface area contributed by atoms with E-state index in [1.165, 1.54) is 32.9 Å². The van der Waals surface area contributed by atoms with E-state index in [0.29, 0.717) is 5.69 Å². The molecular weight excluding hydrogens is 446 g/mol. The van der Waals surface area contributed by atoms with Gasteiger partial charge in [0.05, 0.1) is 30.8 Å². The molecule has 0 fully saturated rings. The van der Waals surface area contributed by atoms with E-state index in [-0.39, 0.29) is 22.3 Å². The Morgan fingerprint density at radius 1 is 0.824 bits per heavy atom. The molecule has 1 rings (SSSR count). The van der Waals surface area contributed by atoms with E-state index in [9.17, 15) is 34.5 Å². The first-order valence-corrected chi connectivity index (χ1v) is 9.88. The lowest BCUT2D eigenvalue weighted by Crippen LogP contribution is -2.67. The number of benzene rings is 1. The van der Waals surface area contributed by atoms with Crippen LogP contribution >= 0.6 is 0 Å². The van der Waals surface area contributed by atoms with Gasteiger partial charge in [-0.2, -0.15) is 0 Å². The van der Waals surface area contributed by atoms with Gasteiger partial charge in [-0.1, -0.05) is 19.7 Å². The molecule has 0 unspecified atom stereocenters. The third-order valence-corrected chi connectivity index (χ3v) is 4.82. The summed E-state index contributed by atoms with van der Waals surface area (Å²) in [6, 6.07) is 6.06. The molecule has 1 aromatic carbocycles. The van der Waals surface area contributed by atoms with Gasteiger partial charge in [0, 0.05) is 11.3 Å². The molecule has 0 atom stereocenters. The van der Waals surface area contributed by atoms with Gasteiger partial charge < -0.3 is 30.9 Å². The van der Waals surface area contributed by atoms with Crippen LogP contribution in [-0.2, 0) is 19.1 Å². The van der Waals surface area contributed by atoms with Gasteiger partial charge in [-0.15, -0.1) is 0 Å². The number of hydrogen-bond acceptors (Lipinski definition) is 9. The molecule has 10 nitrogen and oxygen atoms in total. The lowest BCUT2D eigenvalue weighted by Gasteiger charge is -2.44. The second-order valence-corrected chi connectivity index (χ2v) is 7.75. The summed E-state index contributed by atoms with van der Waals surface area (Å²) in [7, 11) is 0. The number of Topliss-reactive ketones (excluding diaryl/α,β-unsaturated/α-hetero) is 2. The number of rotatable bonds is 11. The Bertz CT molecular complexity index is 938. The highest BCUT2D eigenvalue weighted by Gasteiger charge is 2.64. The number of carboxylic acids is 1. The van der Waals surface area contributed by atoms with Crippen LogP contribution in [0.2, 0.25) is 0 Å². The third kappa shape index (κ3) is 6.47. The Morgan fingerprint density at radius 2 is 1.21 bits per heavy atom. The summed E-state index contributed by atoms with van der Waals surface area (Å²) in [5.41, 5.74) is 0.826. The van der Waals surface area contributed by atoms with Crippen LogP contribution in [0.5, 0.6) is 0 Å². The number of aromatic carboxylic acids is 1. The fraction of sp³-hybridized carbons (Fsp3) is 0.333.